The average molecular weight is 241 g/mol. The Morgan fingerprint density at radius 1 is 1.53 bits per heavy atom. The Labute approximate surface area is 99.2 Å². The zero-order valence-corrected chi connectivity index (χ0v) is 10.0. The van der Waals surface area contributed by atoms with Crippen LogP contribution in [0.3, 0.4) is 0 Å². The Hall–Kier alpha value is -1.62. The van der Waals surface area contributed by atoms with E-state index in [1.54, 1.807) is 13.8 Å². The standard InChI is InChI=1S/C12H16FNO3/c1-12(2,10(14)11(15)16)8-6-7(13)4-5-9(8)17-3/h4-6,10H,14H2,1-3H3,(H,15,16). The summed E-state index contributed by atoms with van der Waals surface area (Å²) in [4.78, 5) is 10.9. The van der Waals surface area contributed by atoms with Crippen molar-refractivity contribution in [3.8, 4) is 5.75 Å². The maximum absolute atomic E-state index is 13.2. The number of hydrogen-bond acceptors (Lipinski definition) is 3. The molecule has 1 atom stereocenters. The maximum Gasteiger partial charge on any atom is 0.321 e. The third-order valence-electron chi connectivity index (χ3n) is 2.90. The van der Waals surface area contributed by atoms with E-state index >= 15 is 0 Å². The topological polar surface area (TPSA) is 72.5 Å². The van der Waals surface area contributed by atoms with Gasteiger partial charge in [-0.3, -0.25) is 4.79 Å². The van der Waals surface area contributed by atoms with Gasteiger partial charge in [-0.25, -0.2) is 4.39 Å². The van der Waals surface area contributed by atoms with Crippen LogP contribution in [-0.4, -0.2) is 24.2 Å². The molecule has 0 aliphatic carbocycles. The summed E-state index contributed by atoms with van der Waals surface area (Å²) in [5.74, 6) is -1.17. The molecule has 0 bridgehead atoms. The first-order chi connectivity index (χ1) is 7.80. The Kier molecular flexibility index (Phi) is 3.72. The number of ether oxygens (including phenoxy) is 1. The lowest BCUT2D eigenvalue weighted by Crippen LogP contribution is -2.47. The van der Waals surface area contributed by atoms with Crippen molar-refractivity contribution in [2.75, 3.05) is 7.11 Å². The number of methoxy groups -OCH3 is 1. The first-order valence-electron chi connectivity index (χ1n) is 5.13. The molecule has 0 fully saturated rings. The smallest absolute Gasteiger partial charge is 0.321 e. The number of nitrogens with two attached hydrogens (primary N) is 1. The minimum absolute atomic E-state index is 0.424. The van der Waals surface area contributed by atoms with Crippen molar-refractivity contribution >= 4 is 5.97 Å². The minimum Gasteiger partial charge on any atom is -0.496 e. The fourth-order valence-corrected chi connectivity index (χ4v) is 1.66. The Balaban J connectivity index is 3.30. The van der Waals surface area contributed by atoms with Crippen molar-refractivity contribution in [3.05, 3.63) is 29.6 Å². The monoisotopic (exact) mass is 241 g/mol. The Morgan fingerprint density at radius 2 is 2.12 bits per heavy atom. The summed E-state index contributed by atoms with van der Waals surface area (Å²) >= 11 is 0. The highest BCUT2D eigenvalue weighted by atomic mass is 19.1. The maximum atomic E-state index is 13.2. The SMILES string of the molecule is COc1ccc(F)cc1C(C)(C)C(N)C(=O)O. The van der Waals surface area contributed by atoms with Crippen LogP contribution >= 0.6 is 0 Å². The van der Waals surface area contributed by atoms with Crippen LogP contribution in [0.4, 0.5) is 4.39 Å². The summed E-state index contributed by atoms with van der Waals surface area (Å²) in [6.07, 6.45) is 0. The van der Waals surface area contributed by atoms with E-state index < -0.39 is 23.2 Å². The molecule has 5 heteroatoms. The molecule has 0 spiro atoms. The van der Waals surface area contributed by atoms with E-state index in [1.807, 2.05) is 0 Å². The molecule has 0 aliphatic heterocycles. The fourth-order valence-electron chi connectivity index (χ4n) is 1.66. The quantitative estimate of drug-likeness (QED) is 0.838. The molecular weight excluding hydrogens is 225 g/mol. The number of carboxylic acids is 1. The number of hydrogen-bond donors (Lipinski definition) is 2. The van der Waals surface area contributed by atoms with Crippen molar-refractivity contribution in [2.45, 2.75) is 25.3 Å². The van der Waals surface area contributed by atoms with Gasteiger partial charge in [-0.05, 0) is 18.2 Å². The van der Waals surface area contributed by atoms with Gasteiger partial charge in [0.1, 0.15) is 17.6 Å². The van der Waals surface area contributed by atoms with Gasteiger partial charge < -0.3 is 15.6 Å². The normalized spacial score (nSPS) is 13.2. The lowest BCUT2D eigenvalue weighted by molar-refractivity contribution is -0.140. The highest BCUT2D eigenvalue weighted by Crippen LogP contribution is 2.34. The van der Waals surface area contributed by atoms with E-state index in [9.17, 15) is 9.18 Å². The molecule has 4 nitrogen and oxygen atoms in total. The largest absolute Gasteiger partial charge is 0.496 e. The highest BCUT2D eigenvalue weighted by Gasteiger charge is 2.36. The van der Waals surface area contributed by atoms with Gasteiger partial charge in [0, 0.05) is 11.0 Å². The number of rotatable bonds is 4. The van der Waals surface area contributed by atoms with Crippen molar-refractivity contribution < 1.29 is 19.0 Å². The second-order valence-electron chi connectivity index (χ2n) is 4.38. The predicted octanol–water partition coefficient (Wildman–Crippen LogP) is 1.52. The minimum atomic E-state index is -1.14. The zero-order valence-electron chi connectivity index (χ0n) is 10.0. The summed E-state index contributed by atoms with van der Waals surface area (Å²) in [5, 5.41) is 8.95. The first kappa shape index (κ1) is 13.4. The molecule has 0 aromatic heterocycles. The Morgan fingerprint density at radius 3 is 2.59 bits per heavy atom. The lowest BCUT2D eigenvalue weighted by atomic mass is 9.77. The van der Waals surface area contributed by atoms with Crippen molar-refractivity contribution in [1.29, 1.82) is 0 Å². The van der Waals surface area contributed by atoms with Gasteiger partial charge in [-0.15, -0.1) is 0 Å². The number of aliphatic carboxylic acids is 1. The molecule has 1 unspecified atom stereocenters. The van der Waals surface area contributed by atoms with Crippen LogP contribution in [0.1, 0.15) is 19.4 Å². The molecule has 3 N–H and O–H groups in total. The molecule has 0 aliphatic rings. The number of carbonyl (C=O) groups is 1. The summed E-state index contributed by atoms with van der Waals surface area (Å²) in [7, 11) is 1.44. The van der Waals surface area contributed by atoms with E-state index in [2.05, 4.69) is 0 Å². The number of benzene rings is 1. The summed E-state index contributed by atoms with van der Waals surface area (Å²) in [6.45, 7) is 3.28. The average Bonchev–Trinajstić information content (AvgIpc) is 2.27. The van der Waals surface area contributed by atoms with Crippen LogP contribution in [0.15, 0.2) is 18.2 Å². The Bertz CT molecular complexity index is 432. The van der Waals surface area contributed by atoms with Crippen molar-refractivity contribution in [1.82, 2.24) is 0 Å². The molecule has 1 aromatic rings. The second kappa shape index (κ2) is 4.71. The summed E-state index contributed by atoms with van der Waals surface area (Å²) in [5.41, 5.74) is 5.13. The molecule has 0 heterocycles. The van der Waals surface area contributed by atoms with Crippen LogP contribution in [0, 0.1) is 5.82 Å². The van der Waals surface area contributed by atoms with Gasteiger partial charge in [0.15, 0.2) is 0 Å². The van der Waals surface area contributed by atoms with Crippen molar-refractivity contribution in [3.63, 3.8) is 0 Å². The van der Waals surface area contributed by atoms with Crippen LogP contribution in [0.25, 0.3) is 0 Å². The van der Waals surface area contributed by atoms with Crippen molar-refractivity contribution in [2.24, 2.45) is 5.73 Å². The third kappa shape index (κ3) is 2.55. The van der Waals surface area contributed by atoms with Crippen LogP contribution < -0.4 is 10.5 Å². The molecule has 94 valence electrons. The highest BCUT2D eigenvalue weighted by molar-refractivity contribution is 5.76. The third-order valence-corrected chi connectivity index (χ3v) is 2.90. The van der Waals surface area contributed by atoms with Gasteiger partial charge in [0.25, 0.3) is 0 Å². The lowest BCUT2D eigenvalue weighted by Gasteiger charge is -2.30. The molecule has 1 aromatic carbocycles. The summed E-state index contributed by atoms with van der Waals surface area (Å²) in [6, 6.07) is 2.83. The first-order valence-corrected chi connectivity index (χ1v) is 5.13. The fraction of sp³-hybridized carbons (Fsp3) is 0.417. The van der Waals surface area contributed by atoms with Crippen LogP contribution in [0.5, 0.6) is 5.75 Å². The van der Waals surface area contributed by atoms with Gasteiger partial charge in [-0.2, -0.15) is 0 Å². The number of halogens is 1. The second-order valence-corrected chi connectivity index (χ2v) is 4.38. The van der Waals surface area contributed by atoms with E-state index in [0.29, 0.717) is 11.3 Å². The van der Waals surface area contributed by atoms with E-state index in [0.717, 1.165) is 0 Å². The summed E-state index contributed by atoms with van der Waals surface area (Å²) < 4.78 is 18.3. The van der Waals surface area contributed by atoms with Gasteiger partial charge >= 0.3 is 5.97 Å². The van der Waals surface area contributed by atoms with Gasteiger partial charge in [0.2, 0.25) is 0 Å². The van der Waals surface area contributed by atoms with Crippen LogP contribution in [0.2, 0.25) is 0 Å². The molecule has 0 saturated carbocycles. The number of carboxylic acid groups (broad SMARTS) is 1. The zero-order chi connectivity index (χ0) is 13.2. The molecule has 0 saturated heterocycles. The van der Waals surface area contributed by atoms with Gasteiger partial charge in [-0.1, -0.05) is 13.8 Å². The van der Waals surface area contributed by atoms with E-state index in [4.69, 9.17) is 15.6 Å². The molecule has 0 radical (unpaired) electrons. The molecular formula is C12H16FNO3. The molecule has 1 rings (SSSR count). The van der Waals surface area contributed by atoms with E-state index in [-0.39, 0.29) is 0 Å². The molecule has 0 amide bonds. The van der Waals surface area contributed by atoms with Gasteiger partial charge in [0.05, 0.1) is 7.11 Å². The predicted molar refractivity (Wildman–Crippen MR) is 61.6 cm³/mol. The van der Waals surface area contributed by atoms with Crippen LogP contribution in [-0.2, 0) is 10.2 Å². The molecule has 17 heavy (non-hydrogen) atoms. The van der Waals surface area contributed by atoms with E-state index in [1.165, 1.54) is 25.3 Å².